The van der Waals surface area contributed by atoms with Crippen LogP contribution in [0.5, 0.6) is 0 Å². The van der Waals surface area contributed by atoms with Gasteiger partial charge in [0.1, 0.15) is 5.76 Å². The molecule has 0 spiro atoms. The Bertz CT molecular complexity index is 894. The van der Waals surface area contributed by atoms with E-state index in [4.69, 9.17) is 4.42 Å². The predicted molar refractivity (Wildman–Crippen MR) is 126 cm³/mol. The van der Waals surface area contributed by atoms with Crippen LogP contribution in [0.4, 0.5) is 0 Å². The van der Waals surface area contributed by atoms with Crippen molar-refractivity contribution >= 4 is 29.9 Å². The van der Waals surface area contributed by atoms with Gasteiger partial charge in [-0.1, -0.05) is 32.9 Å². The molecule has 3 rings (SSSR count). The largest absolute Gasteiger partial charge is 0.443 e. The minimum atomic E-state index is -0.0494. The van der Waals surface area contributed by atoms with Gasteiger partial charge >= 0.3 is 0 Å². The number of aliphatic imine (C=N–C) groups is 1. The highest BCUT2D eigenvalue weighted by atomic mass is 127. The zero-order valence-corrected chi connectivity index (χ0v) is 19.7. The number of benzene rings is 1. The average molecular weight is 508 g/mol. The smallest absolute Gasteiger partial charge is 0.213 e. The Balaban J connectivity index is 0.00000300. The fraction of sp³-hybridized carbons (Fsp3) is 0.381. The molecular weight excluding hydrogens is 479 g/mol. The second-order valence-corrected chi connectivity index (χ2v) is 7.53. The quantitative estimate of drug-likeness (QED) is 0.299. The molecule has 2 aromatic heterocycles. The summed E-state index contributed by atoms with van der Waals surface area (Å²) in [6, 6.07) is 10.1. The van der Waals surface area contributed by atoms with Crippen LogP contribution in [0.2, 0.25) is 0 Å². The summed E-state index contributed by atoms with van der Waals surface area (Å²) in [7, 11) is 0. The molecule has 0 saturated carbocycles. The summed E-state index contributed by atoms with van der Waals surface area (Å²) in [6.45, 7) is 10.2. The Kier molecular flexibility index (Phi) is 8.24. The van der Waals surface area contributed by atoms with E-state index in [0.29, 0.717) is 19.0 Å². The molecule has 0 aliphatic rings. The van der Waals surface area contributed by atoms with E-state index in [9.17, 15) is 0 Å². The van der Waals surface area contributed by atoms with Crippen molar-refractivity contribution in [1.82, 2.24) is 25.4 Å². The topological polar surface area (TPSA) is 80.3 Å². The van der Waals surface area contributed by atoms with Crippen LogP contribution in [0.25, 0.3) is 5.69 Å². The van der Waals surface area contributed by atoms with E-state index in [2.05, 4.69) is 58.6 Å². The molecule has 0 saturated heterocycles. The molecular formula is C21H29IN6O. The molecule has 0 unspecified atom stereocenters. The lowest BCUT2D eigenvalue weighted by Gasteiger charge is -2.13. The predicted octanol–water partition coefficient (Wildman–Crippen LogP) is 4.03. The standard InChI is InChI=1S/C21H28N6O.HI/c1-5-22-20(25-15-19-23-14-18(28-19)21(2,3)4)24-13-16-7-9-17(10-8-16)27-12-6-11-26-27;/h6-12,14H,5,13,15H2,1-4H3,(H2,22,24,25);1H. The van der Waals surface area contributed by atoms with Gasteiger partial charge in [-0.25, -0.2) is 14.7 Å². The van der Waals surface area contributed by atoms with Crippen LogP contribution in [-0.2, 0) is 18.5 Å². The van der Waals surface area contributed by atoms with E-state index in [1.807, 2.05) is 36.0 Å². The number of hydrogen-bond donors (Lipinski definition) is 2. The van der Waals surface area contributed by atoms with Gasteiger partial charge in [-0.15, -0.1) is 24.0 Å². The van der Waals surface area contributed by atoms with Crippen LogP contribution in [0.1, 0.15) is 44.9 Å². The summed E-state index contributed by atoms with van der Waals surface area (Å²) in [5, 5.41) is 10.8. The number of hydrogen-bond acceptors (Lipinski definition) is 4. The molecule has 0 aliphatic carbocycles. The molecule has 0 fully saturated rings. The third-order valence-electron chi connectivity index (χ3n) is 4.17. The van der Waals surface area contributed by atoms with E-state index in [1.54, 1.807) is 12.4 Å². The van der Waals surface area contributed by atoms with Crippen LogP contribution in [0, 0.1) is 0 Å². The number of rotatable bonds is 6. The fourth-order valence-electron chi connectivity index (χ4n) is 2.59. The third-order valence-corrected chi connectivity index (χ3v) is 4.17. The Morgan fingerprint density at radius 1 is 1.17 bits per heavy atom. The first-order valence-electron chi connectivity index (χ1n) is 9.52. The van der Waals surface area contributed by atoms with Crippen molar-refractivity contribution in [3.63, 3.8) is 0 Å². The van der Waals surface area contributed by atoms with Crippen molar-refractivity contribution < 1.29 is 4.42 Å². The SMILES string of the molecule is CCNC(=NCc1ccc(-n2cccn2)cc1)NCc1ncc(C(C)(C)C)o1.I. The lowest BCUT2D eigenvalue weighted by atomic mass is 9.94. The zero-order valence-electron chi connectivity index (χ0n) is 17.3. The molecule has 1 aromatic carbocycles. The van der Waals surface area contributed by atoms with E-state index in [1.165, 1.54) is 0 Å². The maximum absolute atomic E-state index is 5.82. The van der Waals surface area contributed by atoms with E-state index in [-0.39, 0.29) is 29.4 Å². The lowest BCUT2D eigenvalue weighted by molar-refractivity contribution is 0.379. The molecule has 0 atom stereocenters. The second-order valence-electron chi connectivity index (χ2n) is 7.53. The molecule has 2 N–H and O–H groups in total. The maximum Gasteiger partial charge on any atom is 0.213 e. The summed E-state index contributed by atoms with van der Waals surface area (Å²) < 4.78 is 7.66. The van der Waals surface area contributed by atoms with Crippen molar-refractivity contribution in [2.45, 2.75) is 46.2 Å². The molecule has 8 heteroatoms. The Morgan fingerprint density at radius 3 is 2.52 bits per heavy atom. The number of aromatic nitrogens is 3. The van der Waals surface area contributed by atoms with E-state index < -0.39 is 0 Å². The molecule has 2 heterocycles. The van der Waals surface area contributed by atoms with Gasteiger partial charge in [0.05, 0.1) is 25.0 Å². The van der Waals surface area contributed by atoms with E-state index >= 15 is 0 Å². The van der Waals surface area contributed by atoms with Crippen LogP contribution in [-0.4, -0.2) is 27.3 Å². The summed E-state index contributed by atoms with van der Waals surface area (Å²) in [6.07, 6.45) is 5.49. The van der Waals surface area contributed by atoms with Gasteiger partial charge in [0.2, 0.25) is 5.89 Å². The van der Waals surface area contributed by atoms with Crippen LogP contribution < -0.4 is 10.6 Å². The molecule has 3 aromatic rings. The second kappa shape index (κ2) is 10.4. The number of oxazole rings is 1. The Hall–Kier alpha value is -2.36. The highest BCUT2D eigenvalue weighted by Crippen LogP contribution is 2.22. The van der Waals surface area contributed by atoms with Crippen molar-refractivity contribution in [1.29, 1.82) is 0 Å². The first-order valence-corrected chi connectivity index (χ1v) is 9.52. The van der Waals surface area contributed by atoms with Gasteiger partial charge in [-0.2, -0.15) is 5.10 Å². The van der Waals surface area contributed by atoms with Gasteiger partial charge in [-0.05, 0) is 30.7 Å². The van der Waals surface area contributed by atoms with Crippen LogP contribution >= 0.6 is 24.0 Å². The van der Waals surface area contributed by atoms with Crippen LogP contribution in [0.15, 0.2) is 58.3 Å². The third kappa shape index (κ3) is 6.59. The molecule has 0 bridgehead atoms. The maximum atomic E-state index is 5.82. The highest BCUT2D eigenvalue weighted by molar-refractivity contribution is 14.0. The summed E-state index contributed by atoms with van der Waals surface area (Å²) in [4.78, 5) is 9.00. The summed E-state index contributed by atoms with van der Waals surface area (Å²) >= 11 is 0. The zero-order chi connectivity index (χ0) is 20.0. The highest BCUT2D eigenvalue weighted by Gasteiger charge is 2.19. The van der Waals surface area contributed by atoms with Crippen molar-refractivity contribution in [2.24, 2.45) is 4.99 Å². The average Bonchev–Trinajstić information content (AvgIpc) is 3.36. The van der Waals surface area contributed by atoms with Crippen molar-refractivity contribution in [3.8, 4) is 5.69 Å². The monoisotopic (exact) mass is 508 g/mol. The number of nitrogens with one attached hydrogen (secondary N) is 2. The van der Waals surface area contributed by atoms with E-state index in [0.717, 1.165) is 29.5 Å². The van der Waals surface area contributed by atoms with Gasteiger partial charge in [-0.3, -0.25) is 0 Å². The first kappa shape index (κ1) is 22.9. The van der Waals surface area contributed by atoms with Crippen LogP contribution in [0.3, 0.4) is 0 Å². The van der Waals surface area contributed by atoms with Gasteiger partial charge in [0, 0.05) is 24.4 Å². The molecule has 0 radical (unpaired) electrons. The number of nitrogens with zero attached hydrogens (tertiary/aromatic N) is 4. The summed E-state index contributed by atoms with van der Waals surface area (Å²) in [5.74, 6) is 2.26. The fourth-order valence-corrected chi connectivity index (χ4v) is 2.59. The Morgan fingerprint density at radius 2 is 1.93 bits per heavy atom. The van der Waals surface area contributed by atoms with Gasteiger partial charge < -0.3 is 15.1 Å². The van der Waals surface area contributed by atoms with Gasteiger partial charge in [0.25, 0.3) is 0 Å². The lowest BCUT2D eigenvalue weighted by Crippen LogP contribution is -2.36. The van der Waals surface area contributed by atoms with Gasteiger partial charge in [0.15, 0.2) is 5.96 Å². The molecule has 7 nitrogen and oxygen atoms in total. The first-order chi connectivity index (χ1) is 13.5. The minimum Gasteiger partial charge on any atom is -0.443 e. The Labute approximate surface area is 189 Å². The number of halogens is 1. The normalized spacial score (nSPS) is 11.8. The molecule has 29 heavy (non-hydrogen) atoms. The molecule has 0 amide bonds. The van der Waals surface area contributed by atoms with Crippen molar-refractivity contribution in [3.05, 3.63) is 66.1 Å². The van der Waals surface area contributed by atoms with Crippen molar-refractivity contribution in [2.75, 3.05) is 6.54 Å². The summed E-state index contributed by atoms with van der Waals surface area (Å²) in [5.41, 5.74) is 2.10. The molecule has 0 aliphatic heterocycles. The number of guanidine groups is 1. The minimum absolute atomic E-state index is 0. The molecule has 156 valence electrons.